The molecule has 0 radical (unpaired) electrons. The van der Waals surface area contributed by atoms with Crippen molar-refractivity contribution in [2.45, 2.75) is 39.5 Å². The number of nitrogens with zero attached hydrogens (tertiary/aromatic N) is 4. The summed E-state index contributed by atoms with van der Waals surface area (Å²) in [6.45, 7) is 6.07. The van der Waals surface area contributed by atoms with Gasteiger partial charge in [-0.05, 0) is 19.4 Å². The van der Waals surface area contributed by atoms with E-state index < -0.39 is 0 Å². The number of hydrogen-bond acceptors (Lipinski definition) is 5. The Morgan fingerprint density at radius 1 is 1.46 bits per heavy atom. The Bertz CT molecular complexity index is 693. The minimum absolute atomic E-state index is 0.0733. The minimum Gasteiger partial charge on any atom is -0.375 e. The maximum Gasteiger partial charge on any atom is 0.246 e. The van der Waals surface area contributed by atoms with Crippen LogP contribution >= 0.6 is 0 Å². The van der Waals surface area contributed by atoms with E-state index in [1.54, 1.807) is 0 Å². The number of aromatic nitrogens is 4. The van der Waals surface area contributed by atoms with Crippen molar-refractivity contribution in [3.63, 3.8) is 0 Å². The summed E-state index contributed by atoms with van der Waals surface area (Å²) in [4.78, 5) is 21.5. The zero-order valence-corrected chi connectivity index (χ0v) is 14.2. The Kier molecular flexibility index (Phi) is 5.27. The standard InChI is InChI=1S/C16H24N6O2/c1-12-7-17-15(19-12)10-21-4-3-5-22-14(9-21)6-13(20-22)8-18-16(23)11-24-2/h6-7H,3-5,8-11H2,1-2H3,(H,17,19)(H,18,23). The summed E-state index contributed by atoms with van der Waals surface area (Å²) >= 11 is 0. The molecule has 0 saturated heterocycles. The van der Waals surface area contributed by atoms with Crippen LogP contribution in [-0.2, 0) is 35.7 Å². The molecule has 0 atom stereocenters. The van der Waals surface area contributed by atoms with Gasteiger partial charge < -0.3 is 15.0 Å². The first-order chi connectivity index (χ1) is 11.6. The minimum atomic E-state index is -0.129. The number of fused-ring (bicyclic) bond motifs is 1. The average molecular weight is 332 g/mol. The molecule has 2 aromatic heterocycles. The third-order valence-corrected chi connectivity index (χ3v) is 4.01. The number of imidazole rings is 1. The molecule has 2 aromatic rings. The molecule has 0 unspecified atom stereocenters. The third kappa shape index (κ3) is 4.21. The molecule has 1 aliphatic heterocycles. The molecule has 0 aliphatic carbocycles. The SMILES string of the molecule is COCC(=O)NCc1cc2n(n1)CCCN(Cc1ncc(C)[nH]1)C2. The van der Waals surface area contributed by atoms with Crippen LogP contribution in [0.4, 0.5) is 0 Å². The fourth-order valence-electron chi connectivity index (χ4n) is 2.94. The average Bonchev–Trinajstić information content (AvgIpc) is 3.07. The molecule has 130 valence electrons. The number of carbonyl (C=O) groups excluding carboxylic acids is 1. The largest absolute Gasteiger partial charge is 0.375 e. The van der Waals surface area contributed by atoms with Crippen molar-refractivity contribution >= 4 is 5.91 Å². The van der Waals surface area contributed by atoms with Crippen LogP contribution in [0.3, 0.4) is 0 Å². The van der Waals surface area contributed by atoms with Crippen LogP contribution in [0.1, 0.15) is 29.3 Å². The van der Waals surface area contributed by atoms with Gasteiger partial charge in [-0.3, -0.25) is 14.4 Å². The van der Waals surface area contributed by atoms with Gasteiger partial charge in [0.15, 0.2) is 0 Å². The van der Waals surface area contributed by atoms with Crippen molar-refractivity contribution in [3.05, 3.63) is 35.2 Å². The fourth-order valence-corrected chi connectivity index (χ4v) is 2.94. The van der Waals surface area contributed by atoms with Gasteiger partial charge >= 0.3 is 0 Å². The van der Waals surface area contributed by atoms with E-state index in [0.29, 0.717) is 6.54 Å². The van der Waals surface area contributed by atoms with E-state index in [1.807, 2.05) is 17.8 Å². The van der Waals surface area contributed by atoms with Gasteiger partial charge in [0.1, 0.15) is 12.4 Å². The molecule has 1 amide bonds. The van der Waals surface area contributed by atoms with E-state index in [1.165, 1.54) is 12.8 Å². The second-order valence-corrected chi connectivity index (χ2v) is 6.14. The van der Waals surface area contributed by atoms with Crippen LogP contribution in [0.5, 0.6) is 0 Å². The van der Waals surface area contributed by atoms with E-state index >= 15 is 0 Å². The van der Waals surface area contributed by atoms with Gasteiger partial charge in [0.2, 0.25) is 5.91 Å². The van der Waals surface area contributed by atoms with Gasteiger partial charge in [-0.15, -0.1) is 0 Å². The van der Waals surface area contributed by atoms with Crippen molar-refractivity contribution in [2.24, 2.45) is 0 Å². The third-order valence-electron chi connectivity index (χ3n) is 4.01. The summed E-state index contributed by atoms with van der Waals surface area (Å²) in [7, 11) is 1.51. The summed E-state index contributed by atoms with van der Waals surface area (Å²) in [6.07, 6.45) is 2.90. The first kappa shape index (κ1) is 16.7. The molecule has 0 fully saturated rings. The van der Waals surface area contributed by atoms with Crippen LogP contribution in [0, 0.1) is 6.92 Å². The maximum absolute atomic E-state index is 11.5. The van der Waals surface area contributed by atoms with Crippen molar-refractivity contribution in [2.75, 3.05) is 20.3 Å². The predicted molar refractivity (Wildman–Crippen MR) is 88.0 cm³/mol. The quantitative estimate of drug-likeness (QED) is 0.808. The number of H-pyrrole nitrogens is 1. The summed E-state index contributed by atoms with van der Waals surface area (Å²) < 4.78 is 6.86. The number of aromatic amines is 1. The summed E-state index contributed by atoms with van der Waals surface area (Å²) in [6, 6.07) is 2.07. The molecule has 8 nitrogen and oxygen atoms in total. The molecule has 0 aromatic carbocycles. The molecule has 0 bridgehead atoms. The highest BCUT2D eigenvalue weighted by molar-refractivity contribution is 5.77. The smallest absolute Gasteiger partial charge is 0.246 e. The molecule has 8 heteroatoms. The van der Waals surface area contributed by atoms with Crippen molar-refractivity contribution in [3.8, 4) is 0 Å². The molecular weight excluding hydrogens is 308 g/mol. The van der Waals surface area contributed by atoms with E-state index in [0.717, 1.165) is 49.8 Å². The molecule has 24 heavy (non-hydrogen) atoms. The maximum atomic E-state index is 11.5. The zero-order chi connectivity index (χ0) is 16.9. The normalized spacial score (nSPS) is 15.1. The lowest BCUT2D eigenvalue weighted by Crippen LogP contribution is -2.26. The fraction of sp³-hybridized carbons (Fsp3) is 0.562. The number of aryl methyl sites for hydroxylation is 2. The molecule has 0 saturated carbocycles. The zero-order valence-electron chi connectivity index (χ0n) is 14.2. The number of rotatable bonds is 6. The van der Waals surface area contributed by atoms with Crippen LogP contribution in [0.2, 0.25) is 0 Å². The van der Waals surface area contributed by atoms with Gasteiger partial charge in [0.25, 0.3) is 0 Å². The first-order valence-electron chi connectivity index (χ1n) is 8.18. The number of methoxy groups -OCH3 is 1. The summed E-state index contributed by atoms with van der Waals surface area (Å²) in [5.74, 6) is 0.864. The predicted octanol–water partition coefficient (Wildman–Crippen LogP) is 0.583. The summed E-state index contributed by atoms with van der Waals surface area (Å²) in [5, 5.41) is 7.41. The molecule has 0 spiro atoms. The number of ether oxygens (including phenoxy) is 1. The van der Waals surface area contributed by atoms with Crippen molar-refractivity contribution in [1.82, 2.24) is 30.0 Å². The Morgan fingerprint density at radius 3 is 3.08 bits per heavy atom. The Balaban J connectivity index is 1.61. The number of hydrogen-bond donors (Lipinski definition) is 2. The number of amides is 1. The molecule has 2 N–H and O–H groups in total. The summed E-state index contributed by atoms with van der Waals surface area (Å²) in [5.41, 5.74) is 3.14. The van der Waals surface area contributed by atoms with E-state index in [-0.39, 0.29) is 12.5 Å². The van der Waals surface area contributed by atoms with Gasteiger partial charge in [-0.25, -0.2) is 4.98 Å². The lowest BCUT2D eigenvalue weighted by Gasteiger charge is -2.17. The number of carbonyl (C=O) groups is 1. The second kappa shape index (κ2) is 7.59. The van der Waals surface area contributed by atoms with E-state index in [2.05, 4.69) is 31.3 Å². The highest BCUT2D eigenvalue weighted by Gasteiger charge is 2.18. The van der Waals surface area contributed by atoms with Gasteiger partial charge in [-0.1, -0.05) is 0 Å². The van der Waals surface area contributed by atoms with Crippen LogP contribution < -0.4 is 5.32 Å². The Labute approximate surface area is 141 Å². The van der Waals surface area contributed by atoms with Gasteiger partial charge in [-0.2, -0.15) is 5.10 Å². The van der Waals surface area contributed by atoms with Crippen molar-refractivity contribution in [1.29, 1.82) is 0 Å². The first-order valence-corrected chi connectivity index (χ1v) is 8.18. The van der Waals surface area contributed by atoms with Crippen LogP contribution in [0.25, 0.3) is 0 Å². The van der Waals surface area contributed by atoms with E-state index in [9.17, 15) is 4.79 Å². The Morgan fingerprint density at radius 2 is 2.33 bits per heavy atom. The lowest BCUT2D eigenvalue weighted by molar-refractivity contribution is -0.124. The second-order valence-electron chi connectivity index (χ2n) is 6.14. The van der Waals surface area contributed by atoms with Crippen LogP contribution in [-0.4, -0.2) is 50.8 Å². The van der Waals surface area contributed by atoms with Crippen molar-refractivity contribution < 1.29 is 9.53 Å². The molecule has 1 aliphatic rings. The number of nitrogens with one attached hydrogen (secondary N) is 2. The monoisotopic (exact) mass is 332 g/mol. The van der Waals surface area contributed by atoms with Gasteiger partial charge in [0.05, 0.1) is 24.5 Å². The molecule has 3 heterocycles. The molecule has 3 rings (SSSR count). The lowest BCUT2D eigenvalue weighted by atomic mass is 10.3. The van der Waals surface area contributed by atoms with Crippen LogP contribution in [0.15, 0.2) is 12.3 Å². The highest BCUT2D eigenvalue weighted by atomic mass is 16.5. The van der Waals surface area contributed by atoms with Gasteiger partial charge in [0, 0.05) is 38.6 Å². The topological polar surface area (TPSA) is 88.1 Å². The Hall–Kier alpha value is -2.19. The molecular formula is C16H24N6O2. The highest BCUT2D eigenvalue weighted by Crippen LogP contribution is 2.15. The van der Waals surface area contributed by atoms with E-state index in [4.69, 9.17) is 4.74 Å².